The number of hydrogen-bond acceptors (Lipinski definition) is 5. The first-order valence-corrected chi connectivity index (χ1v) is 14.0. The second kappa shape index (κ2) is 12.8. The van der Waals surface area contributed by atoms with Crippen LogP contribution in [-0.2, 0) is 4.79 Å². The summed E-state index contributed by atoms with van der Waals surface area (Å²) >= 11 is 20.3. The molecule has 1 N–H and O–H groups in total. The van der Waals surface area contributed by atoms with Crippen LogP contribution in [0.25, 0.3) is 0 Å². The van der Waals surface area contributed by atoms with Crippen molar-refractivity contribution in [2.75, 3.05) is 6.61 Å². The van der Waals surface area contributed by atoms with Crippen LogP contribution in [-0.4, -0.2) is 24.7 Å². The van der Waals surface area contributed by atoms with E-state index in [1.54, 1.807) is 42.5 Å². The van der Waals surface area contributed by atoms with Crippen molar-refractivity contribution in [2.45, 2.75) is 0 Å². The minimum absolute atomic E-state index is 0.255. The Bertz CT molecular complexity index is 1260. The van der Waals surface area contributed by atoms with E-state index in [0.29, 0.717) is 30.3 Å². The molecule has 0 aliphatic carbocycles. The standard InChI is InChI=1S/C22H12Br6N2O4/c23-13-3-1-2-11(4-13)22(32)34-20-12(5-14(24)6-16(20)26)9-29-30-19(31)10-33-21-17(27)7-15(25)8-18(21)28/h1-9H,10H2,(H,30,31). The highest BCUT2D eigenvalue weighted by Crippen LogP contribution is 2.36. The number of halogens is 6. The summed E-state index contributed by atoms with van der Waals surface area (Å²) in [6.07, 6.45) is 1.38. The average molecular weight is 848 g/mol. The van der Waals surface area contributed by atoms with E-state index in [2.05, 4.69) is 106 Å². The number of hydrazone groups is 1. The molecule has 0 spiro atoms. The number of nitrogens with one attached hydrogen (secondary N) is 1. The fourth-order valence-electron chi connectivity index (χ4n) is 2.56. The van der Waals surface area contributed by atoms with Crippen molar-refractivity contribution < 1.29 is 19.1 Å². The molecule has 0 aliphatic rings. The summed E-state index contributed by atoms with van der Waals surface area (Å²) in [7, 11) is 0. The number of benzene rings is 3. The van der Waals surface area contributed by atoms with Crippen LogP contribution in [0.15, 0.2) is 80.5 Å². The van der Waals surface area contributed by atoms with E-state index < -0.39 is 11.9 Å². The molecule has 12 heteroatoms. The highest BCUT2D eigenvalue weighted by Gasteiger charge is 2.16. The lowest BCUT2D eigenvalue weighted by molar-refractivity contribution is -0.123. The normalized spacial score (nSPS) is 10.9. The van der Waals surface area contributed by atoms with Crippen LogP contribution in [0.4, 0.5) is 0 Å². The first-order chi connectivity index (χ1) is 16.1. The van der Waals surface area contributed by atoms with Gasteiger partial charge in [0, 0.05) is 19.0 Å². The first kappa shape index (κ1) is 27.5. The zero-order valence-corrected chi connectivity index (χ0v) is 26.3. The molecule has 0 radical (unpaired) electrons. The van der Waals surface area contributed by atoms with Gasteiger partial charge in [-0.3, -0.25) is 4.79 Å². The van der Waals surface area contributed by atoms with Gasteiger partial charge in [0.2, 0.25) is 0 Å². The predicted octanol–water partition coefficient (Wildman–Crippen LogP) is 8.01. The number of nitrogens with zero attached hydrogens (tertiary/aromatic N) is 1. The summed E-state index contributed by atoms with van der Waals surface area (Å²) in [6.45, 7) is -0.261. The van der Waals surface area contributed by atoms with Gasteiger partial charge in [0.25, 0.3) is 5.91 Å². The topological polar surface area (TPSA) is 77.0 Å². The van der Waals surface area contributed by atoms with Crippen LogP contribution in [0.5, 0.6) is 11.5 Å². The lowest BCUT2D eigenvalue weighted by Crippen LogP contribution is -2.24. The van der Waals surface area contributed by atoms with Crippen molar-refractivity contribution >= 4 is 114 Å². The zero-order chi connectivity index (χ0) is 24.8. The maximum atomic E-state index is 12.6. The summed E-state index contributed by atoms with van der Waals surface area (Å²) < 4.78 is 15.4. The van der Waals surface area contributed by atoms with Crippen LogP contribution in [0.2, 0.25) is 0 Å². The largest absolute Gasteiger partial charge is 0.481 e. The SMILES string of the molecule is O=C(COc1c(Br)cc(Br)cc1Br)NN=Cc1cc(Br)cc(Br)c1OC(=O)c1cccc(Br)c1. The van der Waals surface area contributed by atoms with E-state index in [1.807, 2.05) is 6.07 Å². The summed E-state index contributed by atoms with van der Waals surface area (Å²) in [4.78, 5) is 24.8. The molecule has 3 aromatic rings. The first-order valence-electron chi connectivity index (χ1n) is 9.20. The van der Waals surface area contributed by atoms with Gasteiger partial charge in [-0.1, -0.05) is 53.9 Å². The molecule has 0 aliphatic heterocycles. The van der Waals surface area contributed by atoms with Gasteiger partial charge in [-0.25, -0.2) is 10.2 Å². The van der Waals surface area contributed by atoms with Crippen LogP contribution in [0.3, 0.4) is 0 Å². The molecule has 3 rings (SSSR count). The molecule has 0 unspecified atom stereocenters. The third-order valence-electron chi connectivity index (χ3n) is 4.00. The molecule has 0 heterocycles. The van der Waals surface area contributed by atoms with Gasteiger partial charge in [-0.2, -0.15) is 5.10 Å². The van der Waals surface area contributed by atoms with Crippen molar-refractivity contribution in [1.29, 1.82) is 0 Å². The van der Waals surface area contributed by atoms with Crippen LogP contribution >= 0.6 is 95.6 Å². The summed E-state index contributed by atoms with van der Waals surface area (Å²) in [6, 6.07) is 13.9. The summed E-state index contributed by atoms with van der Waals surface area (Å²) in [5.74, 6) is -0.271. The Morgan fingerprint density at radius 3 is 2.09 bits per heavy atom. The molecule has 176 valence electrons. The smallest absolute Gasteiger partial charge is 0.343 e. The lowest BCUT2D eigenvalue weighted by atomic mass is 10.2. The number of hydrogen-bond donors (Lipinski definition) is 1. The molecular weight excluding hydrogens is 836 g/mol. The zero-order valence-electron chi connectivity index (χ0n) is 16.8. The minimum atomic E-state index is -0.540. The summed E-state index contributed by atoms with van der Waals surface area (Å²) in [5, 5.41) is 3.97. The van der Waals surface area contributed by atoms with E-state index in [4.69, 9.17) is 9.47 Å². The fraction of sp³-hybridized carbons (Fsp3) is 0.0455. The molecule has 3 aromatic carbocycles. The Morgan fingerprint density at radius 1 is 0.824 bits per heavy atom. The molecule has 0 fully saturated rings. The molecule has 0 saturated heterocycles. The Morgan fingerprint density at radius 2 is 1.44 bits per heavy atom. The fourth-order valence-corrected chi connectivity index (χ4v) is 6.79. The van der Waals surface area contributed by atoms with Gasteiger partial charge < -0.3 is 9.47 Å². The van der Waals surface area contributed by atoms with Gasteiger partial charge in [0.15, 0.2) is 12.4 Å². The second-order valence-electron chi connectivity index (χ2n) is 6.49. The van der Waals surface area contributed by atoms with E-state index >= 15 is 0 Å². The van der Waals surface area contributed by atoms with Gasteiger partial charge in [0.05, 0.1) is 25.2 Å². The van der Waals surface area contributed by atoms with Crippen molar-refractivity contribution in [3.63, 3.8) is 0 Å². The third kappa shape index (κ3) is 7.72. The Labute approximate surface area is 245 Å². The Hall–Kier alpha value is -1.05. The molecule has 0 saturated carbocycles. The molecular formula is C22H12Br6N2O4. The third-order valence-corrected chi connectivity index (χ3v) is 7.17. The Balaban J connectivity index is 1.69. The average Bonchev–Trinajstić information content (AvgIpc) is 2.75. The van der Waals surface area contributed by atoms with Gasteiger partial charge >= 0.3 is 5.97 Å². The van der Waals surface area contributed by atoms with E-state index in [-0.39, 0.29) is 12.4 Å². The van der Waals surface area contributed by atoms with Gasteiger partial charge in [0.1, 0.15) is 5.75 Å². The maximum Gasteiger partial charge on any atom is 0.343 e. The molecule has 6 nitrogen and oxygen atoms in total. The summed E-state index contributed by atoms with van der Waals surface area (Å²) in [5.41, 5.74) is 3.24. The molecule has 0 atom stereocenters. The minimum Gasteiger partial charge on any atom is -0.481 e. The van der Waals surface area contributed by atoms with Crippen molar-refractivity contribution in [3.05, 3.63) is 86.5 Å². The number of rotatable bonds is 7. The van der Waals surface area contributed by atoms with E-state index in [1.165, 1.54) is 6.21 Å². The van der Waals surface area contributed by atoms with E-state index in [9.17, 15) is 9.59 Å². The number of ether oxygens (including phenoxy) is 2. The van der Waals surface area contributed by atoms with Crippen LogP contribution < -0.4 is 14.9 Å². The van der Waals surface area contributed by atoms with Crippen molar-refractivity contribution in [2.24, 2.45) is 5.10 Å². The monoisotopic (exact) mass is 842 g/mol. The number of amides is 1. The molecule has 34 heavy (non-hydrogen) atoms. The Kier molecular flexibility index (Phi) is 10.3. The second-order valence-corrected chi connectivity index (χ2v) is 11.8. The molecule has 0 aromatic heterocycles. The van der Waals surface area contributed by atoms with Crippen molar-refractivity contribution in [3.8, 4) is 11.5 Å². The highest BCUT2D eigenvalue weighted by atomic mass is 79.9. The quantitative estimate of drug-likeness (QED) is 0.113. The van der Waals surface area contributed by atoms with Crippen LogP contribution in [0.1, 0.15) is 15.9 Å². The molecule has 0 bridgehead atoms. The van der Waals surface area contributed by atoms with Crippen molar-refractivity contribution in [1.82, 2.24) is 5.43 Å². The molecule has 1 amide bonds. The number of esters is 1. The maximum absolute atomic E-state index is 12.6. The predicted molar refractivity (Wildman–Crippen MR) is 152 cm³/mol. The number of carbonyl (C=O) groups is 2. The van der Waals surface area contributed by atoms with E-state index in [0.717, 1.165) is 13.4 Å². The lowest BCUT2D eigenvalue weighted by Gasteiger charge is -2.11. The number of carbonyl (C=O) groups excluding carboxylic acids is 2. The van der Waals surface area contributed by atoms with Gasteiger partial charge in [-0.15, -0.1) is 0 Å². The van der Waals surface area contributed by atoms with Gasteiger partial charge in [-0.05, 0) is 90.3 Å². The van der Waals surface area contributed by atoms with Crippen LogP contribution in [0, 0.1) is 0 Å². The highest BCUT2D eigenvalue weighted by molar-refractivity contribution is 9.12.